The van der Waals surface area contributed by atoms with E-state index in [1.165, 1.54) is 12.4 Å². The Morgan fingerprint density at radius 2 is 1.80 bits per heavy atom. The van der Waals surface area contributed by atoms with Crippen molar-refractivity contribution < 1.29 is 13.6 Å². The number of hydrogen-bond acceptors (Lipinski definition) is 4. The van der Waals surface area contributed by atoms with Crippen molar-refractivity contribution in [3.8, 4) is 0 Å². The predicted molar refractivity (Wildman–Crippen MR) is 90.8 cm³/mol. The molecule has 0 saturated heterocycles. The molecule has 2 N–H and O–H groups in total. The summed E-state index contributed by atoms with van der Waals surface area (Å²) in [5, 5.41) is 5.37. The van der Waals surface area contributed by atoms with Crippen LogP contribution in [0.3, 0.4) is 0 Å². The maximum atomic E-state index is 13.6. The first-order valence-corrected chi connectivity index (χ1v) is 7.43. The third-order valence-electron chi connectivity index (χ3n) is 3.37. The van der Waals surface area contributed by atoms with Gasteiger partial charge in [-0.25, -0.2) is 18.7 Å². The van der Waals surface area contributed by atoms with Crippen LogP contribution in [0.4, 0.5) is 26.1 Å². The average Bonchev–Trinajstić information content (AvgIpc) is 2.58. The van der Waals surface area contributed by atoms with Gasteiger partial charge < -0.3 is 10.6 Å². The van der Waals surface area contributed by atoms with Crippen molar-refractivity contribution >= 4 is 23.2 Å². The molecule has 2 aromatic carbocycles. The number of carbonyl (C=O) groups excluding carboxylic acids is 1. The van der Waals surface area contributed by atoms with E-state index >= 15 is 0 Å². The molecule has 5 nitrogen and oxygen atoms in total. The fourth-order valence-electron chi connectivity index (χ4n) is 2.15. The molecule has 1 amide bonds. The van der Waals surface area contributed by atoms with Crippen LogP contribution in [0.1, 0.15) is 15.9 Å². The highest BCUT2D eigenvalue weighted by Gasteiger charge is 2.11. The number of benzene rings is 2. The van der Waals surface area contributed by atoms with Gasteiger partial charge in [0.1, 0.15) is 11.6 Å². The number of carbonyl (C=O) groups is 1. The summed E-state index contributed by atoms with van der Waals surface area (Å²) in [6, 6.07) is 10.6. The minimum absolute atomic E-state index is 0.117. The number of nitrogens with zero attached hydrogens (tertiary/aromatic N) is 2. The van der Waals surface area contributed by atoms with E-state index in [0.29, 0.717) is 12.0 Å². The summed E-state index contributed by atoms with van der Waals surface area (Å²) in [5.74, 6) is -1.83. The molecular weight excluding hydrogens is 326 g/mol. The zero-order chi connectivity index (χ0) is 17.8. The number of hydrogen-bond donors (Lipinski definition) is 2. The standard InChI is InChI=1S/C18H14F2N4O/c1-11-3-2-4-14(7-11)23-18-21-9-12(10-22-18)17(25)24-16-6-5-13(19)8-15(16)20/h2-10H,1H3,(H,24,25)(H,21,22,23). The third-order valence-corrected chi connectivity index (χ3v) is 3.37. The molecule has 0 spiro atoms. The fraction of sp³-hybridized carbons (Fsp3) is 0.0556. The van der Waals surface area contributed by atoms with Crippen LogP contribution in [0, 0.1) is 18.6 Å². The zero-order valence-corrected chi connectivity index (χ0v) is 13.3. The number of halogens is 2. The maximum Gasteiger partial charge on any atom is 0.258 e. The van der Waals surface area contributed by atoms with Crippen LogP contribution < -0.4 is 10.6 Å². The number of aryl methyl sites for hydroxylation is 1. The molecule has 1 aromatic heterocycles. The Bertz CT molecular complexity index is 913. The molecule has 0 aliphatic carbocycles. The minimum atomic E-state index is -0.855. The van der Waals surface area contributed by atoms with E-state index in [0.717, 1.165) is 23.4 Å². The minimum Gasteiger partial charge on any atom is -0.324 e. The van der Waals surface area contributed by atoms with Crippen molar-refractivity contribution in [3.05, 3.63) is 77.6 Å². The first kappa shape index (κ1) is 16.5. The number of amides is 1. The summed E-state index contributed by atoms with van der Waals surface area (Å²) in [6.07, 6.45) is 2.64. The molecule has 0 aliphatic heterocycles. The summed E-state index contributed by atoms with van der Waals surface area (Å²) in [4.78, 5) is 20.2. The molecule has 0 fully saturated rings. The molecule has 3 rings (SSSR count). The van der Waals surface area contributed by atoms with Gasteiger partial charge in [0.15, 0.2) is 0 Å². The van der Waals surface area contributed by atoms with Gasteiger partial charge in [-0.2, -0.15) is 0 Å². The molecule has 0 bridgehead atoms. The van der Waals surface area contributed by atoms with Gasteiger partial charge >= 0.3 is 0 Å². The van der Waals surface area contributed by atoms with Gasteiger partial charge in [-0.05, 0) is 36.8 Å². The van der Waals surface area contributed by atoms with Gasteiger partial charge in [-0.15, -0.1) is 0 Å². The highest BCUT2D eigenvalue weighted by Crippen LogP contribution is 2.17. The second-order valence-electron chi connectivity index (χ2n) is 5.37. The molecule has 0 saturated carbocycles. The summed E-state index contributed by atoms with van der Waals surface area (Å²) in [5.41, 5.74) is 1.94. The normalized spacial score (nSPS) is 10.4. The molecule has 0 unspecified atom stereocenters. The van der Waals surface area contributed by atoms with Crippen LogP contribution in [0.25, 0.3) is 0 Å². The smallest absolute Gasteiger partial charge is 0.258 e. The topological polar surface area (TPSA) is 66.9 Å². The lowest BCUT2D eigenvalue weighted by Gasteiger charge is -2.08. The van der Waals surface area contributed by atoms with E-state index in [2.05, 4.69) is 20.6 Å². The largest absolute Gasteiger partial charge is 0.324 e. The van der Waals surface area contributed by atoms with E-state index in [1.807, 2.05) is 31.2 Å². The highest BCUT2D eigenvalue weighted by atomic mass is 19.1. The second-order valence-corrected chi connectivity index (χ2v) is 5.37. The van der Waals surface area contributed by atoms with Gasteiger partial charge in [0, 0.05) is 24.1 Å². The van der Waals surface area contributed by atoms with Crippen LogP contribution in [-0.4, -0.2) is 15.9 Å². The molecule has 126 valence electrons. The highest BCUT2D eigenvalue weighted by molar-refractivity contribution is 6.03. The summed E-state index contributed by atoms with van der Waals surface area (Å²) in [6.45, 7) is 1.97. The molecule has 1 heterocycles. The van der Waals surface area contributed by atoms with Crippen LogP contribution in [0.2, 0.25) is 0 Å². The van der Waals surface area contributed by atoms with Crippen LogP contribution >= 0.6 is 0 Å². The Kier molecular flexibility index (Phi) is 4.65. The summed E-state index contributed by atoms with van der Waals surface area (Å²) < 4.78 is 26.4. The molecule has 0 atom stereocenters. The van der Waals surface area contributed by atoms with Crippen molar-refractivity contribution in [2.45, 2.75) is 6.92 Å². The van der Waals surface area contributed by atoms with Crippen molar-refractivity contribution in [2.75, 3.05) is 10.6 Å². The summed E-state index contributed by atoms with van der Waals surface area (Å²) in [7, 11) is 0. The van der Waals surface area contributed by atoms with Gasteiger partial charge in [0.05, 0.1) is 11.3 Å². The van der Waals surface area contributed by atoms with Crippen LogP contribution in [0.5, 0.6) is 0 Å². The van der Waals surface area contributed by atoms with Gasteiger partial charge in [-0.1, -0.05) is 12.1 Å². The molecule has 3 aromatic rings. The van der Waals surface area contributed by atoms with E-state index in [-0.39, 0.29) is 11.3 Å². The van der Waals surface area contributed by atoms with E-state index in [9.17, 15) is 13.6 Å². The van der Waals surface area contributed by atoms with Gasteiger partial charge in [0.2, 0.25) is 5.95 Å². The SMILES string of the molecule is Cc1cccc(Nc2ncc(C(=O)Nc3ccc(F)cc3F)cn2)c1. The first-order chi connectivity index (χ1) is 12.0. The Morgan fingerprint density at radius 3 is 2.48 bits per heavy atom. The summed E-state index contributed by atoms with van der Waals surface area (Å²) >= 11 is 0. The lowest BCUT2D eigenvalue weighted by molar-refractivity contribution is 0.102. The van der Waals surface area contributed by atoms with Crippen LogP contribution in [-0.2, 0) is 0 Å². The predicted octanol–water partition coefficient (Wildman–Crippen LogP) is 4.06. The average molecular weight is 340 g/mol. The van der Waals surface area contributed by atoms with Crippen molar-refractivity contribution in [1.82, 2.24) is 9.97 Å². The fourth-order valence-corrected chi connectivity index (χ4v) is 2.15. The molecule has 7 heteroatoms. The van der Waals surface area contributed by atoms with E-state index < -0.39 is 17.5 Å². The number of nitrogens with one attached hydrogen (secondary N) is 2. The molecule has 0 aliphatic rings. The van der Waals surface area contributed by atoms with Gasteiger partial charge in [0.25, 0.3) is 5.91 Å². The molecule has 25 heavy (non-hydrogen) atoms. The Morgan fingerprint density at radius 1 is 1.04 bits per heavy atom. The maximum absolute atomic E-state index is 13.6. The van der Waals surface area contributed by atoms with Crippen molar-refractivity contribution in [1.29, 1.82) is 0 Å². The second kappa shape index (κ2) is 7.04. The third kappa shape index (κ3) is 4.14. The van der Waals surface area contributed by atoms with E-state index in [4.69, 9.17) is 0 Å². The number of aromatic nitrogens is 2. The molecule has 0 radical (unpaired) electrons. The Hall–Kier alpha value is -3.35. The lowest BCUT2D eigenvalue weighted by atomic mass is 10.2. The Labute approximate surface area is 142 Å². The zero-order valence-electron chi connectivity index (χ0n) is 13.3. The lowest BCUT2D eigenvalue weighted by Crippen LogP contribution is -2.14. The van der Waals surface area contributed by atoms with E-state index in [1.54, 1.807) is 0 Å². The number of anilines is 3. The number of rotatable bonds is 4. The quantitative estimate of drug-likeness (QED) is 0.752. The van der Waals surface area contributed by atoms with Crippen LogP contribution in [0.15, 0.2) is 54.9 Å². The Balaban J connectivity index is 1.70. The van der Waals surface area contributed by atoms with Gasteiger partial charge in [-0.3, -0.25) is 4.79 Å². The van der Waals surface area contributed by atoms with Crippen molar-refractivity contribution in [2.24, 2.45) is 0 Å². The first-order valence-electron chi connectivity index (χ1n) is 7.43. The molecular formula is C18H14F2N4O. The monoisotopic (exact) mass is 340 g/mol. The van der Waals surface area contributed by atoms with Crippen molar-refractivity contribution in [3.63, 3.8) is 0 Å².